The van der Waals surface area contributed by atoms with Crippen LogP contribution in [0.25, 0.3) is 0 Å². The number of hydrogen-bond acceptors (Lipinski definition) is 4. The van der Waals surface area contributed by atoms with Crippen molar-refractivity contribution in [3.63, 3.8) is 0 Å². The van der Waals surface area contributed by atoms with E-state index in [0.717, 1.165) is 24.2 Å². The van der Waals surface area contributed by atoms with Gasteiger partial charge >= 0.3 is 0 Å². The lowest BCUT2D eigenvalue weighted by Crippen LogP contribution is -2.49. The molecule has 1 saturated heterocycles. The van der Waals surface area contributed by atoms with E-state index < -0.39 is 10.0 Å². The number of rotatable bonds is 8. The predicted molar refractivity (Wildman–Crippen MR) is 94.7 cm³/mol. The van der Waals surface area contributed by atoms with E-state index in [9.17, 15) is 13.2 Å². The molecule has 1 fully saturated rings. The molecule has 3 N–H and O–H groups in total. The standard InChI is InChI=1S/C17H27N3O3S/c1-12(2)20-24(22,23)11-15-6-4-14(5-7-15)8-19-17(21)13(3)16-9-18-10-16/h4-7,12-13,16,18,20H,8-11H2,1-3H3,(H,19,21). The maximum atomic E-state index is 12.1. The lowest BCUT2D eigenvalue weighted by molar-refractivity contribution is -0.126. The Bertz CT molecular complexity index is 652. The second-order valence-electron chi connectivity index (χ2n) is 6.77. The van der Waals surface area contributed by atoms with E-state index >= 15 is 0 Å². The first kappa shape index (κ1) is 18.9. The molecule has 1 atom stereocenters. The van der Waals surface area contributed by atoms with Crippen LogP contribution >= 0.6 is 0 Å². The molecule has 1 aromatic rings. The van der Waals surface area contributed by atoms with Gasteiger partial charge in [-0.05, 0) is 44.0 Å². The summed E-state index contributed by atoms with van der Waals surface area (Å²) >= 11 is 0. The average molecular weight is 353 g/mol. The summed E-state index contributed by atoms with van der Waals surface area (Å²) in [4.78, 5) is 12.1. The molecule has 0 radical (unpaired) electrons. The van der Waals surface area contributed by atoms with Gasteiger partial charge < -0.3 is 10.6 Å². The van der Waals surface area contributed by atoms with E-state index in [1.54, 1.807) is 26.0 Å². The largest absolute Gasteiger partial charge is 0.352 e. The maximum Gasteiger partial charge on any atom is 0.223 e. The summed E-state index contributed by atoms with van der Waals surface area (Å²) < 4.78 is 26.4. The molecule has 134 valence electrons. The molecule has 1 amide bonds. The van der Waals surface area contributed by atoms with Crippen molar-refractivity contribution in [1.29, 1.82) is 0 Å². The molecular weight excluding hydrogens is 326 g/mol. The van der Waals surface area contributed by atoms with Gasteiger partial charge in [-0.15, -0.1) is 0 Å². The van der Waals surface area contributed by atoms with Gasteiger partial charge in [0.2, 0.25) is 15.9 Å². The van der Waals surface area contributed by atoms with Gasteiger partial charge in [0.05, 0.1) is 5.75 Å². The lowest BCUT2D eigenvalue weighted by Gasteiger charge is -2.31. The SMILES string of the molecule is CC(C)NS(=O)(=O)Cc1ccc(CNC(=O)C(C)C2CNC2)cc1. The molecule has 0 spiro atoms. The zero-order valence-corrected chi connectivity index (χ0v) is 15.3. The fraction of sp³-hybridized carbons (Fsp3) is 0.588. The van der Waals surface area contributed by atoms with Gasteiger partial charge in [-0.2, -0.15) is 0 Å². The lowest BCUT2D eigenvalue weighted by atomic mass is 9.88. The van der Waals surface area contributed by atoms with E-state index in [2.05, 4.69) is 15.4 Å². The smallest absolute Gasteiger partial charge is 0.223 e. The average Bonchev–Trinajstić information content (AvgIpc) is 2.42. The highest BCUT2D eigenvalue weighted by Gasteiger charge is 2.28. The molecule has 1 aromatic carbocycles. The van der Waals surface area contributed by atoms with Gasteiger partial charge in [0.1, 0.15) is 0 Å². The molecule has 24 heavy (non-hydrogen) atoms. The van der Waals surface area contributed by atoms with Gasteiger partial charge in [-0.3, -0.25) is 4.79 Å². The number of carbonyl (C=O) groups excluding carboxylic acids is 1. The van der Waals surface area contributed by atoms with Crippen LogP contribution in [0.3, 0.4) is 0 Å². The van der Waals surface area contributed by atoms with Crippen LogP contribution in [0.2, 0.25) is 0 Å². The third-order valence-corrected chi connectivity index (χ3v) is 5.74. The Kier molecular flexibility index (Phi) is 6.37. The van der Waals surface area contributed by atoms with Crippen LogP contribution < -0.4 is 15.4 Å². The molecule has 0 aromatic heterocycles. The van der Waals surface area contributed by atoms with Crippen LogP contribution in [0.5, 0.6) is 0 Å². The minimum absolute atomic E-state index is 0.0118. The number of benzene rings is 1. The van der Waals surface area contributed by atoms with Crippen molar-refractivity contribution in [2.45, 2.75) is 39.1 Å². The van der Waals surface area contributed by atoms with Crippen LogP contribution in [0.4, 0.5) is 0 Å². The number of carbonyl (C=O) groups is 1. The molecule has 0 bridgehead atoms. The van der Waals surface area contributed by atoms with E-state index in [1.165, 1.54) is 0 Å². The second-order valence-corrected chi connectivity index (χ2v) is 8.53. The van der Waals surface area contributed by atoms with E-state index in [-0.39, 0.29) is 23.6 Å². The zero-order chi connectivity index (χ0) is 17.7. The van der Waals surface area contributed by atoms with Crippen molar-refractivity contribution in [3.8, 4) is 0 Å². The monoisotopic (exact) mass is 353 g/mol. The summed E-state index contributed by atoms with van der Waals surface area (Å²) in [6, 6.07) is 7.18. The third-order valence-electron chi connectivity index (χ3n) is 4.20. The highest BCUT2D eigenvalue weighted by atomic mass is 32.2. The summed E-state index contributed by atoms with van der Waals surface area (Å²) in [6.07, 6.45) is 0. The molecule has 6 nitrogen and oxygen atoms in total. The minimum atomic E-state index is -3.32. The molecule has 7 heteroatoms. The van der Waals surface area contributed by atoms with Crippen LogP contribution in [-0.4, -0.2) is 33.5 Å². The van der Waals surface area contributed by atoms with Gasteiger partial charge in [-0.25, -0.2) is 13.1 Å². The summed E-state index contributed by atoms with van der Waals surface area (Å²) in [5, 5.41) is 6.12. The van der Waals surface area contributed by atoms with Gasteiger partial charge in [0.15, 0.2) is 0 Å². The molecule has 1 aliphatic rings. The predicted octanol–water partition coefficient (Wildman–Crippen LogP) is 0.986. The minimum Gasteiger partial charge on any atom is -0.352 e. The van der Waals surface area contributed by atoms with E-state index in [0.29, 0.717) is 12.5 Å². The highest BCUT2D eigenvalue weighted by Crippen LogP contribution is 2.16. The number of amides is 1. The first-order chi connectivity index (χ1) is 11.3. The summed E-state index contributed by atoms with van der Waals surface area (Å²) in [7, 11) is -3.32. The fourth-order valence-corrected chi connectivity index (χ4v) is 4.04. The summed E-state index contributed by atoms with van der Waals surface area (Å²) in [6.45, 7) is 7.81. The van der Waals surface area contributed by atoms with Crippen LogP contribution in [0.15, 0.2) is 24.3 Å². The fourth-order valence-electron chi connectivity index (χ4n) is 2.60. The van der Waals surface area contributed by atoms with Crippen LogP contribution in [0, 0.1) is 11.8 Å². The van der Waals surface area contributed by atoms with Crippen molar-refractivity contribution >= 4 is 15.9 Å². The number of hydrogen-bond donors (Lipinski definition) is 3. The number of nitrogens with one attached hydrogen (secondary N) is 3. The van der Waals surface area contributed by atoms with Crippen LogP contribution in [0.1, 0.15) is 31.9 Å². The summed E-state index contributed by atoms with van der Waals surface area (Å²) in [5.74, 6) is 0.460. The molecule has 0 saturated carbocycles. The van der Waals surface area contributed by atoms with Crippen LogP contribution in [-0.2, 0) is 27.1 Å². The second kappa shape index (κ2) is 8.09. The molecule has 1 aliphatic heterocycles. The Morgan fingerprint density at radius 3 is 2.25 bits per heavy atom. The van der Waals surface area contributed by atoms with Gasteiger partial charge in [-0.1, -0.05) is 31.2 Å². The Morgan fingerprint density at radius 2 is 1.75 bits per heavy atom. The Labute approximate surface area is 144 Å². The van der Waals surface area contributed by atoms with Gasteiger partial charge in [0.25, 0.3) is 0 Å². The summed E-state index contributed by atoms with van der Waals surface area (Å²) in [5.41, 5.74) is 1.69. The molecule has 1 unspecified atom stereocenters. The highest BCUT2D eigenvalue weighted by molar-refractivity contribution is 7.88. The van der Waals surface area contributed by atoms with Crippen molar-refractivity contribution in [2.24, 2.45) is 11.8 Å². The van der Waals surface area contributed by atoms with Crippen molar-refractivity contribution in [1.82, 2.24) is 15.4 Å². The van der Waals surface area contributed by atoms with Crippen molar-refractivity contribution in [3.05, 3.63) is 35.4 Å². The molecule has 0 aliphatic carbocycles. The molecule has 1 heterocycles. The first-order valence-corrected chi connectivity index (χ1v) is 9.98. The third kappa shape index (κ3) is 5.58. The number of sulfonamides is 1. The van der Waals surface area contributed by atoms with Crippen molar-refractivity contribution in [2.75, 3.05) is 13.1 Å². The quantitative estimate of drug-likeness (QED) is 0.650. The normalized spacial score (nSPS) is 16.7. The zero-order valence-electron chi connectivity index (χ0n) is 14.5. The first-order valence-electron chi connectivity index (χ1n) is 8.33. The van der Waals surface area contributed by atoms with E-state index in [4.69, 9.17) is 0 Å². The van der Waals surface area contributed by atoms with Crippen molar-refractivity contribution < 1.29 is 13.2 Å². The molecule has 2 rings (SSSR count). The maximum absolute atomic E-state index is 12.1. The Balaban J connectivity index is 1.84. The molecular formula is C17H27N3O3S. The van der Waals surface area contributed by atoms with Gasteiger partial charge in [0, 0.05) is 18.5 Å². The topological polar surface area (TPSA) is 87.3 Å². The van der Waals surface area contributed by atoms with E-state index in [1.807, 2.05) is 19.1 Å². The Hall–Kier alpha value is -1.44. The Morgan fingerprint density at radius 1 is 1.17 bits per heavy atom.